The van der Waals surface area contributed by atoms with E-state index in [1.807, 2.05) is 25.7 Å². The molecule has 32 heavy (non-hydrogen) atoms. The first-order valence-corrected chi connectivity index (χ1v) is 10.2. The Morgan fingerprint density at radius 1 is 1.16 bits per heavy atom. The number of para-hydroxylation sites is 1. The number of hydrogen-bond acceptors (Lipinski definition) is 6. The molecule has 0 aliphatic carbocycles. The van der Waals surface area contributed by atoms with Gasteiger partial charge in [0.1, 0.15) is 11.1 Å². The molecule has 1 aliphatic heterocycles. The lowest BCUT2D eigenvalue weighted by atomic mass is 10.1. The van der Waals surface area contributed by atoms with E-state index in [4.69, 9.17) is 0 Å². The monoisotopic (exact) mass is 446 g/mol. The molecule has 0 bridgehead atoms. The van der Waals surface area contributed by atoms with Crippen molar-refractivity contribution in [3.05, 3.63) is 46.4 Å². The number of fused-ring (bicyclic) bond motifs is 1. The number of anilines is 1. The number of carbonyl (C=O) groups is 1. The summed E-state index contributed by atoms with van der Waals surface area (Å²) in [4.78, 5) is 36.3. The van der Waals surface area contributed by atoms with Crippen molar-refractivity contribution in [2.75, 3.05) is 31.1 Å². The Hall–Kier alpha value is -3.50. The standard InChI is InChI=1S/C21H24F2N6O3/c1-21(2,3)29-16-14(12-24-29)17(30)26-20(25-16)28-10-8-27(9-11-28)18(31)13-6-4-5-7-15(13)32-19(22)23/h4-7,12,19H,8-11H2,1-3H3,(H,25,26,30). The summed E-state index contributed by atoms with van der Waals surface area (Å²) in [5, 5.41) is 4.72. The van der Waals surface area contributed by atoms with Gasteiger partial charge in [0.2, 0.25) is 5.95 Å². The first-order valence-electron chi connectivity index (χ1n) is 10.2. The summed E-state index contributed by atoms with van der Waals surface area (Å²) in [6, 6.07) is 5.95. The van der Waals surface area contributed by atoms with E-state index < -0.39 is 6.61 Å². The lowest BCUT2D eigenvalue weighted by molar-refractivity contribution is -0.0502. The van der Waals surface area contributed by atoms with Crippen LogP contribution in [0.1, 0.15) is 31.1 Å². The number of aromatic amines is 1. The van der Waals surface area contributed by atoms with Crippen LogP contribution in [0.5, 0.6) is 5.75 Å². The van der Waals surface area contributed by atoms with E-state index in [-0.39, 0.29) is 28.3 Å². The average molecular weight is 446 g/mol. The fourth-order valence-corrected chi connectivity index (χ4v) is 3.68. The van der Waals surface area contributed by atoms with Gasteiger partial charge in [0, 0.05) is 26.2 Å². The highest BCUT2D eigenvalue weighted by molar-refractivity contribution is 5.97. The van der Waals surface area contributed by atoms with Crippen LogP contribution in [0.25, 0.3) is 11.0 Å². The number of amides is 1. The normalized spacial score (nSPS) is 14.9. The molecule has 3 heterocycles. The van der Waals surface area contributed by atoms with Crippen molar-refractivity contribution in [3.8, 4) is 5.75 Å². The van der Waals surface area contributed by atoms with E-state index >= 15 is 0 Å². The zero-order chi connectivity index (χ0) is 23.0. The maximum Gasteiger partial charge on any atom is 0.387 e. The maximum atomic E-state index is 12.9. The van der Waals surface area contributed by atoms with E-state index in [1.165, 1.54) is 24.4 Å². The van der Waals surface area contributed by atoms with Crippen molar-refractivity contribution in [1.29, 1.82) is 0 Å². The predicted molar refractivity (Wildman–Crippen MR) is 114 cm³/mol. The van der Waals surface area contributed by atoms with Gasteiger partial charge >= 0.3 is 6.61 Å². The molecule has 1 N–H and O–H groups in total. The molecule has 1 amide bonds. The molecule has 0 spiro atoms. The zero-order valence-electron chi connectivity index (χ0n) is 18.0. The molecule has 4 rings (SSSR count). The van der Waals surface area contributed by atoms with Crippen molar-refractivity contribution in [3.63, 3.8) is 0 Å². The minimum Gasteiger partial charge on any atom is -0.434 e. The van der Waals surface area contributed by atoms with E-state index in [9.17, 15) is 18.4 Å². The minimum atomic E-state index is -3.01. The molecule has 0 atom stereocenters. The van der Waals surface area contributed by atoms with Gasteiger partial charge in [-0.1, -0.05) is 12.1 Å². The molecular weight excluding hydrogens is 422 g/mol. The third kappa shape index (κ3) is 4.14. The molecule has 0 saturated carbocycles. The Balaban J connectivity index is 1.53. The second-order valence-corrected chi connectivity index (χ2v) is 8.51. The van der Waals surface area contributed by atoms with Crippen LogP contribution in [0.3, 0.4) is 0 Å². The quantitative estimate of drug-likeness (QED) is 0.661. The highest BCUT2D eigenvalue weighted by Crippen LogP contribution is 2.24. The lowest BCUT2D eigenvalue weighted by Crippen LogP contribution is -2.49. The number of nitrogens with zero attached hydrogens (tertiary/aromatic N) is 5. The Labute approximate surface area is 182 Å². The molecule has 170 valence electrons. The molecule has 3 aromatic rings. The summed E-state index contributed by atoms with van der Waals surface area (Å²) in [6.07, 6.45) is 1.51. The lowest BCUT2D eigenvalue weighted by Gasteiger charge is -2.35. The number of rotatable bonds is 4. The Bertz CT molecular complexity index is 1190. The first-order chi connectivity index (χ1) is 15.1. The van der Waals surface area contributed by atoms with E-state index in [2.05, 4.69) is 19.8 Å². The van der Waals surface area contributed by atoms with Gasteiger partial charge in [-0.2, -0.15) is 18.9 Å². The van der Waals surface area contributed by atoms with E-state index in [0.717, 1.165) is 0 Å². The van der Waals surface area contributed by atoms with Crippen LogP contribution in [0.2, 0.25) is 0 Å². The molecule has 1 aromatic carbocycles. The first kappa shape index (κ1) is 21.7. The number of halogens is 2. The third-order valence-electron chi connectivity index (χ3n) is 5.26. The smallest absolute Gasteiger partial charge is 0.387 e. The summed E-state index contributed by atoms with van der Waals surface area (Å²) in [5.41, 5.74) is -0.0493. The second-order valence-electron chi connectivity index (χ2n) is 8.51. The summed E-state index contributed by atoms with van der Waals surface area (Å²) in [5.74, 6) is -0.132. The van der Waals surface area contributed by atoms with Gasteiger partial charge in [-0.25, -0.2) is 4.68 Å². The molecule has 0 unspecified atom stereocenters. The van der Waals surface area contributed by atoms with Crippen LogP contribution in [0.4, 0.5) is 14.7 Å². The number of H-pyrrole nitrogens is 1. The third-order valence-corrected chi connectivity index (χ3v) is 5.26. The van der Waals surface area contributed by atoms with Gasteiger partial charge in [-0.3, -0.25) is 14.6 Å². The van der Waals surface area contributed by atoms with Gasteiger partial charge in [0.15, 0.2) is 5.65 Å². The second kappa shape index (κ2) is 8.21. The fourth-order valence-electron chi connectivity index (χ4n) is 3.68. The molecular formula is C21H24F2N6O3. The Morgan fingerprint density at radius 2 is 1.84 bits per heavy atom. The highest BCUT2D eigenvalue weighted by atomic mass is 19.3. The number of ether oxygens (including phenoxy) is 1. The Morgan fingerprint density at radius 3 is 2.50 bits per heavy atom. The number of carbonyl (C=O) groups excluding carboxylic acids is 1. The number of aromatic nitrogens is 4. The van der Waals surface area contributed by atoms with Gasteiger partial charge < -0.3 is 14.5 Å². The van der Waals surface area contributed by atoms with Gasteiger partial charge in [0.25, 0.3) is 11.5 Å². The molecule has 1 aliphatic rings. The summed E-state index contributed by atoms with van der Waals surface area (Å²) in [6.45, 7) is 4.42. The summed E-state index contributed by atoms with van der Waals surface area (Å²) >= 11 is 0. The number of benzene rings is 1. The van der Waals surface area contributed by atoms with Crippen LogP contribution >= 0.6 is 0 Å². The van der Waals surface area contributed by atoms with Crippen molar-refractivity contribution in [2.45, 2.75) is 32.9 Å². The van der Waals surface area contributed by atoms with Gasteiger partial charge in [-0.15, -0.1) is 0 Å². The average Bonchev–Trinajstić information content (AvgIpc) is 3.19. The van der Waals surface area contributed by atoms with Crippen molar-refractivity contribution < 1.29 is 18.3 Å². The molecule has 1 saturated heterocycles. The van der Waals surface area contributed by atoms with Crippen molar-refractivity contribution >= 4 is 22.9 Å². The van der Waals surface area contributed by atoms with Crippen LogP contribution in [0, 0.1) is 0 Å². The fraction of sp³-hybridized carbons (Fsp3) is 0.429. The van der Waals surface area contributed by atoms with Crippen LogP contribution in [-0.4, -0.2) is 63.3 Å². The summed E-state index contributed by atoms with van der Waals surface area (Å²) in [7, 11) is 0. The van der Waals surface area contributed by atoms with Crippen molar-refractivity contribution in [1.82, 2.24) is 24.6 Å². The molecule has 9 nitrogen and oxygen atoms in total. The number of hydrogen-bond donors (Lipinski definition) is 1. The minimum absolute atomic E-state index is 0.0864. The predicted octanol–water partition coefficient (Wildman–Crippen LogP) is 2.44. The van der Waals surface area contributed by atoms with Gasteiger partial charge in [0.05, 0.1) is 17.3 Å². The topological polar surface area (TPSA) is 96.4 Å². The zero-order valence-corrected chi connectivity index (χ0v) is 18.0. The molecule has 2 aromatic heterocycles. The maximum absolute atomic E-state index is 12.9. The van der Waals surface area contributed by atoms with Gasteiger partial charge in [-0.05, 0) is 32.9 Å². The Kier molecular flexibility index (Phi) is 5.57. The van der Waals surface area contributed by atoms with Crippen LogP contribution in [-0.2, 0) is 5.54 Å². The molecule has 0 radical (unpaired) electrons. The highest BCUT2D eigenvalue weighted by Gasteiger charge is 2.27. The largest absolute Gasteiger partial charge is 0.434 e. The molecule has 11 heteroatoms. The SMILES string of the molecule is CC(C)(C)n1ncc2c(=O)[nH]c(N3CCN(C(=O)c4ccccc4OC(F)F)CC3)nc21. The van der Waals surface area contributed by atoms with Crippen LogP contribution in [0.15, 0.2) is 35.3 Å². The van der Waals surface area contributed by atoms with Crippen LogP contribution < -0.4 is 15.2 Å². The number of nitrogens with one attached hydrogen (secondary N) is 1. The van der Waals surface area contributed by atoms with E-state index in [0.29, 0.717) is 43.2 Å². The number of piperazine rings is 1. The summed E-state index contributed by atoms with van der Waals surface area (Å²) < 4.78 is 31.5. The van der Waals surface area contributed by atoms with E-state index in [1.54, 1.807) is 15.6 Å². The van der Waals surface area contributed by atoms with Crippen molar-refractivity contribution in [2.24, 2.45) is 0 Å². The number of alkyl halides is 2. The molecule has 1 fully saturated rings.